The maximum Gasteiger partial charge on any atom is 0.259 e. The molecule has 2 aromatic heterocycles. The Morgan fingerprint density at radius 1 is 1.16 bits per heavy atom. The summed E-state index contributed by atoms with van der Waals surface area (Å²) in [7, 11) is 2.02. The van der Waals surface area contributed by atoms with Crippen LogP contribution in [-0.2, 0) is 0 Å². The molecule has 0 N–H and O–H groups in total. The van der Waals surface area contributed by atoms with Crippen LogP contribution in [0.4, 0.5) is 0 Å². The van der Waals surface area contributed by atoms with Crippen molar-refractivity contribution in [2.45, 2.75) is 57.9 Å². The molecule has 0 unspecified atom stereocenters. The zero-order valence-corrected chi connectivity index (χ0v) is 15.3. The highest BCUT2D eigenvalue weighted by Crippen LogP contribution is 2.57. The lowest BCUT2D eigenvalue weighted by Gasteiger charge is -2.59. The number of fused-ring (bicyclic) bond motifs is 1. The molecule has 0 aliphatic heterocycles. The first-order valence-electron chi connectivity index (χ1n) is 9.55. The van der Waals surface area contributed by atoms with E-state index >= 15 is 0 Å². The molecule has 4 fully saturated rings. The van der Waals surface area contributed by atoms with E-state index < -0.39 is 0 Å². The molecule has 0 atom stereocenters. The van der Waals surface area contributed by atoms with Crippen LogP contribution in [0.2, 0.25) is 0 Å². The van der Waals surface area contributed by atoms with Gasteiger partial charge < -0.3 is 4.90 Å². The van der Waals surface area contributed by atoms with Gasteiger partial charge in [-0.25, -0.2) is 9.50 Å². The van der Waals surface area contributed by atoms with Crippen molar-refractivity contribution in [2.75, 3.05) is 7.05 Å². The third-order valence-corrected chi connectivity index (χ3v) is 7.03. The fourth-order valence-corrected chi connectivity index (χ4v) is 6.29. The van der Waals surface area contributed by atoms with E-state index in [4.69, 9.17) is 0 Å². The number of aryl methyl sites for hydroxylation is 2. The number of amides is 1. The average Bonchev–Trinajstić information content (AvgIpc) is 2.96. The molecule has 4 saturated carbocycles. The fraction of sp³-hybridized carbons (Fsp3) is 0.650. The summed E-state index contributed by atoms with van der Waals surface area (Å²) in [6, 6.07) is 2.00. The summed E-state index contributed by atoms with van der Waals surface area (Å²) in [4.78, 5) is 20.1. The summed E-state index contributed by atoms with van der Waals surface area (Å²) in [5.41, 5.74) is 3.35. The first-order chi connectivity index (χ1) is 11.9. The zero-order chi connectivity index (χ0) is 17.3. The Hall–Kier alpha value is -1.91. The molecule has 4 aliphatic carbocycles. The third kappa shape index (κ3) is 2.17. The molecule has 0 radical (unpaired) electrons. The highest BCUT2D eigenvalue weighted by Gasteiger charge is 2.54. The van der Waals surface area contributed by atoms with Gasteiger partial charge in [-0.1, -0.05) is 0 Å². The lowest BCUT2D eigenvalue weighted by molar-refractivity contribution is -0.0665. The van der Waals surface area contributed by atoms with E-state index in [0.717, 1.165) is 29.1 Å². The Morgan fingerprint density at radius 3 is 2.36 bits per heavy atom. The van der Waals surface area contributed by atoms with Crippen LogP contribution in [0, 0.1) is 31.6 Å². The van der Waals surface area contributed by atoms with Crippen molar-refractivity contribution in [1.29, 1.82) is 0 Å². The number of aromatic nitrogens is 3. The lowest BCUT2D eigenvalue weighted by Crippen LogP contribution is -2.60. The van der Waals surface area contributed by atoms with Gasteiger partial charge in [-0.3, -0.25) is 4.79 Å². The SMILES string of the molecule is Cc1cc(C)n2ncc(C(=O)N(C)C34CC5CC(CC(C5)C3)C4)c2n1. The third-order valence-electron chi connectivity index (χ3n) is 7.03. The van der Waals surface area contributed by atoms with E-state index in [-0.39, 0.29) is 11.4 Å². The summed E-state index contributed by atoms with van der Waals surface area (Å²) in [6.45, 7) is 3.97. The van der Waals surface area contributed by atoms with Crippen molar-refractivity contribution in [3.8, 4) is 0 Å². The van der Waals surface area contributed by atoms with Gasteiger partial charge in [-0.2, -0.15) is 5.10 Å². The average molecular weight is 338 g/mol. The predicted octanol–water partition coefficient (Wildman–Crippen LogP) is 3.39. The lowest BCUT2D eigenvalue weighted by atomic mass is 9.52. The number of hydrogen-bond donors (Lipinski definition) is 0. The van der Waals surface area contributed by atoms with Crippen molar-refractivity contribution in [1.82, 2.24) is 19.5 Å². The smallest absolute Gasteiger partial charge is 0.259 e. The molecule has 0 aromatic carbocycles. The Kier molecular flexibility index (Phi) is 3.10. The second kappa shape index (κ2) is 5.05. The Labute approximate surface area is 148 Å². The van der Waals surface area contributed by atoms with Gasteiger partial charge in [0.1, 0.15) is 5.56 Å². The van der Waals surface area contributed by atoms with Crippen LogP contribution < -0.4 is 0 Å². The highest BCUT2D eigenvalue weighted by atomic mass is 16.2. The second-order valence-corrected chi connectivity index (χ2v) is 8.84. The Balaban J connectivity index is 1.52. The minimum absolute atomic E-state index is 0.0684. The number of carbonyl (C=O) groups is 1. The second-order valence-electron chi connectivity index (χ2n) is 8.84. The minimum atomic E-state index is 0.0684. The van der Waals surface area contributed by atoms with Crippen molar-refractivity contribution < 1.29 is 4.79 Å². The normalized spacial score (nSPS) is 33.2. The van der Waals surface area contributed by atoms with Gasteiger partial charge in [-0.15, -0.1) is 0 Å². The number of nitrogens with zero attached hydrogens (tertiary/aromatic N) is 4. The number of hydrogen-bond acceptors (Lipinski definition) is 3. The molecule has 2 heterocycles. The van der Waals surface area contributed by atoms with E-state index in [1.165, 1.54) is 38.5 Å². The maximum atomic E-state index is 13.4. The summed E-state index contributed by atoms with van der Waals surface area (Å²) in [5.74, 6) is 2.57. The molecule has 132 valence electrons. The zero-order valence-electron chi connectivity index (χ0n) is 15.3. The largest absolute Gasteiger partial charge is 0.336 e. The molecule has 1 amide bonds. The molecular weight excluding hydrogens is 312 g/mol. The van der Waals surface area contributed by atoms with Gasteiger partial charge in [0.2, 0.25) is 0 Å². The van der Waals surface area contributed by atoms with Crippen LogP contribution in [0.25, 0.3) is 5.65 Å². The maximum absolute atomic E-state index is 13.4. The molecule has 5 nitrogen and oxygen atoms in total. The molecule has 4 bridgehead atoms. The van der Waals surface area contributed by atoms with Crippen LogP contribution in [0.3, 0.4) is 0 Å². The summed E-state index contributed by atoms with van der Waals surface area (Å²) in [6.07, 6.45) is 9.42. The van der Waals surface area contributed by atoms with Gasteiger partial charge in [-0.05, 0) is 76.2 Å². The van der Waals surface area contributed by atoms with E-state index in [0.29, 0.717) is 11.2 Å². The summed E-state index contributed by atoms with van der Waals surface area (Å²) in [5, 5.41) is 4.42. The van der Waals surface area contributed by atoms with Crippen molar-refractivity contribution in [2.24, 2.45) is 17.8 Å². The molecule has 0 spiro atoms. The molecule has 6 rings (SSSR count). The van der Waals surface area contributed by atoms with Gasteiger partial charge >= 0.3 is 0 Å². The van der Waals surface area contributed by atoms with Crippen molar-refractivity contribution in [3.63, 3.8) is 0 Å². The molecule has 2 aromatic rings. The Morgan fingerprint density at radius 2 is 1.76 bits per heavy atom. The van der Waals surface area contributed by atoms with Crippen LogP contribution in [0.5, 0.6) is 0 Å². The van der Waals surface area contributed by atoms with Gasteiger partial charge in [0.25, 0.3) is 5.91 Å². The molecule has 5 heteroatoms. The van der Waals surface area contributed by atoms with Crippen LogP contribution in [-0.4, -0.2) is 38.0 Å². The summed E-state index contributed by atoms with van der Waals surface area (Å²) >= 11 is 0. The standard InChI is InChI=1S/C20H26N4O/c1-12-4-13(2)24-18(22-12)17(11-21-24)19(25)23(3)20-8-14-5-15(9-20)7-16(6-14)10-20/h4,11,14-16H,5-10H2,1-3H3. The van der Waals surface area contributed by atoms with E-state index in [9.17, 15) is 4.79 Å². The molecule has 4 aliphatic rings. The molecule has 25 heavy (non-hydrogen) atoms. The predicted molar refractivity (Wildman–Crippen MR) is 95.5 cm³/mol. The number of rotatable bonds is 2. The summed E-state index contributed by atoms with van der Waals surface area (Å²) < 4.78 is 1.79. The first kappa shape index (κ1) is 15.4. The first-order valence-corrected chi connectivity index (χ1v) is 9.55. The van der Waals surface area contributed by atoms with Crippen LogP contribution >= 0.6 is 0 Å². The monoisotopic (exact) mass is 338 g/mol. The molecule has 0 saturated heterocycles. The van der Waals surface area contributed by atoms with Crippen molar-refractivity contribution >= 4 is 11.6 Å². The van der Waals surface area contributed by atoms with Crippen LogP contribution in [0.1, 0.15) is 60.3 Å². The van der Waals surface area contributed by atoms with E-state index in [1.807, 2.05) is 27.0 Å². The minimum Gasteiger partial charge on any atom is -0.336 e. The fourth-order valence-electron chi connectivity index (χ4n) is 6.29. The van der Waals surface area contributed by atoms with E-state index in [2.05, 4.69) is 15.0 Å². The van der Waals surface area contributed by atoms with Crippen molar-refractivity contribution in [3.05, 3.63) is 29.2 Å². The van der Waals surface area contributed by atoms with Gasteiger partial charge in [0, 0.05) is 24.0 Å². The highest BCUT2D eigenvalue weighted by molar-refractivity contribution is 6.00. The Bertz CT molecular complexity index is 833. The quantitative estimate of drug-likeness (QED) is 0.843. The van der Waals surface area contributed by atoms with Gasteiger partial charge in [0.05, 0.1) is 6.20 Å². The van der Waals surface area contributed by atoms with Crippen LogP contribution in [0.15, 0.2) is 12.3 Å². The number of carbonyl (C=O) groups excluding carboxylic acids is 1. The topological polar surface area (TPSA) is 50.5 Å². The molecular formula is C20H26N4O. The van der Waals surface area contributed by atoms with Gasteiger partial charge in [0.15, 0.2) is 5.65 Å². The van der Waals surface area contributed by atoms with E-state index in [1.54, 1.807) is 10.7 Å².